The van der Waals surface area contributed by atoms with Gasteiger partial charge in [0.25, 0.3) is 0 Å². The molecule has 0 unspecified atom stereocenters. The number of hydrogen-bond acceptors (Lipinski definition) is 2. The van der Waals surface area contributed by atoms with Crippen LogP contribution in [-0.4, -0.2) is 14.2 Å². The summed E-state index contributed by atoms with van der Waals surface area (Å²) in [6.07, 6.45) is 0. The highest BCUT2D eigenvalue weighted by molar-refractivity contribution is 6.32. The molecule has 0 saturated heterocycles. The Morgan fingerprint density at radius 3 is 2.17 bits per heavy atom. The molecule has 0 N–H and O–H groups in total. The minimum absolute atomic E-state index is 0.607. The molecule has 0 radical (unpaired) electrons. The van der Waals surface area contributed by atoms with Crippen molar-refractivity contribution in [2.75, 3.05) is 14.2 Å². The number of hydrogen-bond donors (Lipinski definition) is 0. The van der Waals surface area contributed by atoms with Crippen LogP contribution < -0.4 is 9.47 Å². The van der Waals surface area contributed by atoms with Gasteiger partial charge >= 0.3 is 0 Å². The molecule has 0 saturated carbocycles. The van der Waals surface area contributed by atoms with Gasteiger partial charge in [-0.3, -0.25) is 0 Å². The average molecular weight is 187 g/mol. The fraction of sp³-hybridized carbons (Fsp3) is 0.333. The van der Waals surface area contributed by atoms with Crippen molar-refractivity contribution in [1.82, 2.24) is 0 Å². The van der Waals surface area contributed by atoms with Crippen LogP contribution in [0, 0.1) is 6.92 Å². The van der Waals surface area contributed by atoms with E-state index in [1.807, 2.05) is 13.0 Å². The molecule has 0 aliphatic carbocycles. The van der Waals surface area contributed by atoms with E-state index in [2.05, 4.69) is 0 Å². The number of benzene rings is 1. The molecular weight excluding hydrogens is 176 g/mol. The largest absolute Gasteiger partial charge is 0.496 e. The monoisotopic (exact) mass is 186 g/mol. The van der Waals surface area contributed by atoms with Crippen LogP contribution in [0.3, 0.4) is 0 Å². The van der Waals surface area contributed by atoms with Crippen LogP contribution in [0.25, 0.3) is 0 Å². The van der Waals surface area contributed by atoms with Gasteiger partial charge in [-0.2, -0.15) is 0 Å². The van der Waals surface area contributed by atoms with E-state index in [-0.39, 0.29) is 0 Å². The van der Waals surface area contributed by atoms with Crippen molar-refractivity contribution in [3.8, 4) is 11.5 Å². The molecule has 12 heavy (non-hydrogen) atoms. The summed E-state index contributed by atoms with van der Waals surface area (Å²) < 4.78 is 10.1. The molecule has 0 atom stereocenters. The molecule has 0 spiro atoms. The lowest BCUT2D eigenvalue weighted by Crippen LogP contribution is -1.90. The molecule has 1 aromatic carbocycles. The van der Waals surface area contributed by atoms with E-state index in [0.717, 1.165) is 11.3 Å². The quantitative estimate of drug-likeness (QED) is 0.707. The Bertz CT molecular complexity index is 259. The Morgan fingerprint density at radius 2 is 1.67 bits per heavy atom. The highest BCUT2D eigenvalue weighted by Gasteiger charge is 2.05. The van der Waals surface area contributed by atoms with Crippen LogP contribution in [0.15, 0.2) is 12.1 Å². The molecule has 66 valence electrons. The maximum absolute atomic E-state index is 5.88. The van der Waals surface area contributed by atoms with Gasteiger partial charge in [0.2, 0.25) is 0 Å². The molecular formula is C9H11ClO2. The average Bonchev–Trinajstić information content (AvgIpc) is 2.05. The first-order chi connectivity index (χ1) is 5.69. The normalized spacial score (nSPS) is 9.67. The lowest BCUT2D eigenvalue weighted by atomic mass is 10.2. The molecule has 3 heteroatoms. The molecule has 0 aliphatic heterocycles. The van der Waals surface area contributed by atoms with Gasteiger partial charge in [0, 0.05) is 6.07 Å². The Hall–Kier alpha value is -0.890. The van der Waals surface area contributed by atoms with Gasteiger partial charge in [0.15, 0.2) is 0 Å². The Morgan fingerprint density at radius 1 is 1.08 bits per heavy atom. The number of rotatable bonds is 2. The Labute approximate surface area is 77.1 Å². The SMILES string of the molecule is COc1cc(OC)c(Cl)cc1C. The molecule has 2 nitrogen and oxygen atoms in total. The van der Waals surface area contributed by atoms with Crippen LogP contribution in [0.1, 0.15) is 5.56 Å². The zero-order chi connectivity index (χ0) is 9.14. The first kappa shape index (κ1) is 9.20. The summed E-state index contributed by atoms with van der Waals surface area (Å²) in [6, 6.07) is 3.59. The first-order valence-corrected chi connectivity index (χ1v) is 3.95. The van der Waals surface area contributed by atoms with Crippen LogP contribution in [0.2, 0.25) is 5.02 Å². The topological polar surface area (TPSA) is 18.5 Å². The summed E-state index contributed by atoms with van der Waals surface area (Å²) >= 11 is 5.88. The van der Waals surface area contributed by atoms with E-state index in [1.54, 1.807) is 20.3 Å². The highest BCUT2D eigenvalue weighted by Crippen LogP contribution is 2.31. The van der Waals surface area contributed by atoms with Crippen LogP contribution in [0.4, 0.5) is 0 Å². The number of aryl methyl sites for hydroxylation is 1. The number of methoxy groups -OCH3 is 2. The molecule has 0 aromatic heterocycles. The molecule has 0 heterocycles. The molecule has 1 aromatic rings. The highest BCUT2D eigenvalue weighted by atomic mass is 35.5. The van der Waals surface area contributed by atoms with Crippen LogP contribution in [-0.2, 0) is 0 Å². The fourth-order valence-electron chi connectivity index (χ4n) is 1.01. The van der Waals surface area contributed by atoms with Crippen molar-refractivity contribution in [2.24, 2.45) is 0 Å². The lowest BCUT2D eigenvalue weighted by Gasteiger charge is -2.08. The molecule has 0 fully saturated rings. The van der Waals surface area contributed by atoms with Gasteiger partial charge in [-0.15, -0.1) is 0 Å². The van der Waals surface area contributed by atoms with Gasteiger partial charge in [0.1, 0.15) is 11.5 Å². The number of halogens is 1. The van der Waals surface area contributed by atoms with Crippen molar-refractivity contribution >= 4 is 11.6 Å². The summed E-state index contributed by atoms with van der Waals surface area (Å²) in [5, 5.41) is 0.607. The minimum atomic E-state index is 0.607. The molecule has 0 amide bonds. The predicted octanol–water partition coefficient (Wildman–Crippen LogP) is 2.67. The van der Waals surface area contributed by atoms with Gasteiger partial charge < -0.3 is 9.47 Å². The summed E-state index contributed by atoms with van der Waals surface area (Å²) in [7, 11) is 3.20. The van der Waals surface area contributed by atoms with E-state index in [4.69, 9.17) is 21.1 Å². The van der Waals surface area contributed by atoms with Crippen molar-refractivity contribution in [3.05, 3.63) is 22.7 Å². The van der Waals surface area contributed by atoms with Crippen LogP contribution in [0.5, 0.6) is 11.5 Å². The molecule has 0 aliphatic rings. The van der Waals surface area contributed by atoms with E-state index >= 15 is 0 Å². The lowest BCUT2D eigenvalue weighted by molar-refractivity contribution is 0.392. The zero-order valence-electron chi connectivity index (χ0n) is 7.35. The first-order valence-electron chi connectivity index (χ1n) is 3.57. The van der Waals surface area contributed by atoms with Gasteiger partial charge in [-0.1, -0.05) is 11.6 Å². The van der Waals surface area contributed by atoms with Crippen molar-refractivity contribution in [1.29, 1.82) is 0 Å². The maximum atomic E-state index is 5.88. The smallest absolute Gasteiger partial charge is 0.141 e. The van der Waals surface area contributed by atoms with Crippen molar-refractivity contribution in [2.45, 2.75) is 6.92 Å². The van der Waals surface area contributed by atoms with Crippen molar-refractivity contribution in [3.63, 3.8) is 0 Å². The van der Waals surface area contributed by atoms with E-state index in [1.165, 1.54) is 0 Å². The molecule has 0 bridgehead atoms. The van der Waals surface area contributed by atoms with Crippen LogP contribution >= 0.6 is 11.6 Å². The van der Waals surface area contributed by atoms with E-state index < -0.39 is 0 Å². The third-order valence-corrected chi connectivity index (χ3v) is 1.96. The predicted molar refractivity (Wildman–Crippen MR) is 49.3 cm³/mol. The van der Waals surface area contributed by atoms with E-state index in [9.17, 15) is 0 Å². The standard InChI is InChI=1S/C9H11ClO2/c1-6-4-7(10)9(12-3)5-8(6)11-2/h4-5H,1-3H3. The van der Waals surface area contributed by atoms with E-state index in [0.29, 0.717) is 10.8 Å². The summed E-state index contributed by atoms with van der Waals surface area (Å²) in [4.78, 5) is 0. The third-order valence-electron chi connectivity index (χ3n) is 1.67. The third kappa shape index (κ3) is 1.64. The second-order valence-corrected chi connectivity index (χ2v) is 2.86. The second kappa shape index (κ2) is 3.68. The Balaban J connectivity index is 3.18. The summed E-state index contributed by atoms with van der Waals surface area (Å²) in [5.41, 5.74) is 1.00. The fourth-order valence-corrected chi connectivity index (χ4v) is 1.31. The van der Waals surface area contributed by atoms with Gasteiger partial charge in [0.05, 0.1) is 19.2 Å². The van der Waals surface area contributed by atoms with Gasteiger partial charge in [-0.25, -0.2) is 0 Å². The number of ether oxygens (including phenoxy) is 2. The summed E-state index contributed by atoms with van der Waals surface area (Å²) in [6.45, 7) is 1.93. The maximum Gasteiger partial charge on any atom is 0.141 e. The van der Waals surface area contributed by atoms with Crippen molar-refractivity contribution < 1.29 is 9.47 Å². The molecule has 1 rings (SSSR count). The second-order valence-electron chi connectivity index (χ2n) is 2.46. The summed E-state index contributed by atoms with van der Waals surface area (Å²) in [5.74, 6) is 1.43. The Kier molecular flexibility index (Phi) is 2.82. The van der Waals surface area contributed by atoms with Gasteiger partial charge in [-0.05, 0) is 18.6 Å². The zero-order valence-corrected chi connectivity index (χ0v) is 8.11. The minimum Gasteiger partial charge on any atom is -0.496 e.